The van der Waals surface area contributed by atoms with Crippen molar-refractivity contribution in [1.82, 2.24) is 39.0 Å². The normalized spacial score (nSPS) is 10.8. The average molecular weight is 332 g/mol. The molecular weight excluding hydrogens is 320 g/mol. The number of aromatic nitrogens is 8. The SMILES string of the molecule is Cn1cnc2[nH]c(=O)[nH]c(=O)c21.Cn1cnc2c(=O)[nH]c(=O)[nH]c21. The van der Waals surface area contributed by atoms with Crippen LogP contribution in [0.2, 0.25) is 0 Å². The van der Waals surface area contributed by atoms with Gasteiger partial charge in [-0.2, -0.15) is 0 Å². The van der Waals surface area contributed by atoms with E-state index in [1.807, 2.05) is 0 Å². The lowest BCUT2D eigenvalue weighted by atomic mass is 10.5. The standard InChI is InChI=1S/2C6H6N4O2/c1-10-2-7-4-3(10)5(11)9-6(12)8-4;1-10-2-7-3-4(10)8-6(12)9-5(3)11/h2*2H,1H3,(H2,8,9,11,12). The van der Waals surface area contributed by atoms with Crippen LogP contribution in [0.5, 0.6) is 0 Å². The molecule has 0 aliphatic heterocycles. The lowest BCUT2D eigenvalue weighted by Crippen LogP contribution is -2.22. The van der Waals surface area contributed by atoms with Gasteiger partial charge >= 0.3 is 11.4 Å². The molecule has 0 unspecified atom stereocenters. The molecule has 4 aromatic rings. The zero-order valence-corrected chi connectivity index (χ0v) is 12.6. The van der Waals surface area contributed by atoms with Gasteiger partial charge in [-0.1, -0.05) is 0 Å². The molecule has 4 aromatic heterocycles. The fourth-order valence-corrected chi connectivity index (χ4v) is 2.14. The first-order chi connectivity index (χ1) is 11.4. The molecule has 0 radical (unpaired) electrons. The second-order valence-corrected chi connectivity index (χ2v) is 4.92. The highest BCUT2D eigenvalue weighted by Gasteiger charge is 2.04. The Morgan fingerprint density at radius 1 is 0.792 bits per heavy atom. The largest absolute Gasteiger partial charge is 0.328 e. The van der Waals surface area contributed by atoms with Crippen LogP contribution in [0.4, 0.5) is 0 Å². The molecule has 0 amide bonds. The molecular formula is C12H12N8O4. The summed E-state index contributed by atoms with van der Waals surface area (Å²) in [7, 11) is 3.38. The van der Waals surface area contributed by atoms with Gasteiger partial charge in [-0.05, 0) is 0 Å². The number of imidazole rings is 2. The van der Waals surface area contributed by atoms with E-state index in [9.17, 15) is 19.2 Å². The van der Waals surface area contributed by atoms with E-state index in [-0.39, 0.29) is 5.52 Å². The topological polar surface area (TPSA) is 167 Å². The van der Waals surface area contributed by atoms with Crippen molar-refractivity contribution in [2.75, 3.05) is 0 Å². The molecule has 0 fully saturated rings. The summed E-state index contributed by atoms with van der Waals surface area (Å²) >= 11 is 0. The molecule has 12 nitrogen and oxygen atoms in total. The maximum absolute atomic E-state index is 11.1. The molecule has 0 saturated heterocycles. The number of hydrogen-bond acceptors (Lipinski definition) is 6. The summed E-state index contributed by atoms with van der Waals surface area (Å²) in [6.45, 7) is 0. The third-order valence-electron chi connectivity index (χ3n) is 3.22. The summed E-state index contributed by atoms with van der Waals surface area (Å²) in [5.74, 6) is 0. The van der Waals surface area contributed by atoms with Crippen molar-refractivity contribution in [2.24, 2.45) is 14.1 Å². The lowest BCUT2D eigenvalue weighted by molar-refractivity contribution is 0.919. The predicted octanol–water partition coefficient (Wildman–Crippen LogP) is -2.10. The molecule has 0 aliphatic rings. The molecule has 0 atom stereocenters. The van der Waals surface area contributed by atoms with E-state index in [0.717, 1.165) is 0 Å². The molecule has 4 heterocycles. The highest BCUT2D eigenvalue weighted by Crippen LogP contribution is 1.98. The summed E-state index contributed by atoms with van der Waals surface area (Å²) in [5, 5.41) is 0. The third-order valence-corrected chi connectivity index (χ3v) is 3.22. The summed E-state index contributed by atoms with van der Waals surface area (Å²) in [6.07, 6.45) is 2.94. The molecule has 0 aromatic carbocycles. The van der Waals surface area contributed by atoms with Crippen molar-refractivity contribution in [3.05, 3.63) is 54.3 Å². The van der Waals surface area contributed by atoms with Gasteiger partial charge in [0, 0.05) is 14.1 Å². The van der Waals surface area contributed by atoms with Gasteiger partial charge < -0.3 is 9.13 Å². The minimum Gasteiger partial charge on any atom is -0.328 e. The lowest BCUT2D eigenvalue weighted by Gasteiger charge is -1.90. The molecule has 4 rings (SSSR count). The van der Waals surface area contributed by atoms with Gasteiger partial charge in [-0.25, -0.2) is 19.6 Å². The number of rotatable bonds is 0. The van der Waals surface area contributed by atoms with Crippen LogP contribution in [0.25, 0.3) is 22.3 Å². The van der Waals surface area contributed by atoms with Gasteiger partial charge in [-0.3, -0.25) is 29.5 Å². The Morgan fingerprint density at radius 2 is 1.42 bits per heavy atom. The molecule has 0 spiro atoms. The number of hydrogen-bond donors (Lipinski definition) is 4. The van der Waals surface area contributed by atoms with Crippen LogP contribution < -0.4 is 22.5 Å². The van der Waals surface area contributed by atoms with E-state index in [1.54, 1.807) is 23.2 Å². The zero-order chi connectivity index (χ0) is 17.4. The van der Waals surface area contributed by atoms with Gasteiger partial charge in [0.05, 0.1) is 12.7 Å². The summed E-state index contributed by atoms with van der Waals surface area (Å²) in [6, 6.07) is 0. The van der Waals surface area contributed by atoms with Gasteiger partial charge in [0.15, 0.2) is 16.7 Å². The second kappa shape index (κ2) is 5.49. The van der Waals surface area contributed by atoms with Crippen molar-refractivity contribution in [2.45, 2.75) is 0 Å². The molecule has 0 aliphatic carbocycles. The van der Waals surface area contributed by atoms with E-state index in [1.165, 1.54) is 12.7 Å². The number of aryl methyl sites for hydroxylation is 2. The maximum atomic E-state index is 11.1. The van der Waals surface area contributed by atoms with Crippen LogP contribution in [0.3, 0.4) is 0 Å². The Bertz CT molecular complexity index is 1260. The van der Waals surface area contributed by atoms with Crippen molar-refractivity contribution >= 4 is 22.3 Å². The van der Waals surface area contributed by atoms with Crippen molar-refractivity contribution in [3.63, 3.8) is 0 Å². The smallest absolute Gasteiger partial charge is 0.327 e. The predicted molar refractivity (Wildman–Crippen MR) is 83.9 cm³/mol. The number of H-pyrrole nitrogens is 4. The summed E-state index contributed by atoms with van der Waals surface area (Å²) in [5.41, 5.74) is -0.577. The van der Waals surface area contributed by atoms with Crippen LogP contribution in [-0.2, 0) is 14.1 Å². The Hall–Kier alpha value is -3.70. The van der Waals surface area contributed by atoms with Crippen LogP contribution in [0.1, 0.15) is 0 Å². The zero-order valence-electron chi connectivity index (χ0n) is 12.6. The second-order valence-electron chi connectivity index (χ2n) is 4.92. The van der Waals surface area contributed by atoms with E-state index >= 15 is 0 Å². The van der Waals surface area contributed by atoms with Crippen molar-refractivity contribution in [1.29, 1.82) is 0 Å². The number of aromatic amines is 4. The summed E-state index contributed by atoms with van der Waals surface area (Å²) < 4.78 is 3.12. The van der Waals surface area contributed by atoms with E-state index < -0.39 is 22.5 Å². The summed E-state index contributed by atoms with van der Waals surface area (Å²) in [4.78, 5) is 60.5. The third kappa shape index (κ3) is 2.55. The van der Waals surface area contributed by atoms with Crippen molar-refractivity contribution < 1.29 is 0 Å². The fourth-order valence-electron chi connectivity index (χ4n) is 2.14. The first-order valence-electron chi connectivity index (χ1n) is 6.64. The Balaban J connectivity index is 0.000000141. The van der Waals surface area contributed by atoms with E-state index in [0.29, 0.717) is 16.8 Å². The number of fused-ring (bicyclic) bond motifs is 2. The minimum absolute atomic E-state index is 0.247. The Morgan fingerprint density at radius 3 is 2.17 bits per heavy atom. The highest BCUT2D eigenvalue weighted by molar-refractivity contribution is 5.69. The van der Waals surface area contributed by atoms with Crippen LogP contribution >= 0.6 is 0 Å². The Labute approximate surface area is 130 Å². The first kappa shape index (κ1) is 15.2. The number of nitrogens with one attached hydrogen (secondary N) is 4. The molecule has 12 heteroatoms. The average Bonchev–Trinajstić information content (AvgIpc) is 3.04. The first-order valence-corrected chi connectivity index (χ1v) is 6.64. The quantitative estimate of drug-likeness (QED) is 0.288. The van der Waals surface area contributed by atoms with Crippen LogP contribution in [-0.4, -0.2) is 39.0 Å². The minimum atomic E-state index is -0.536. The van der Waals surface area contributed by atoms with Crippen LogP contribution in [0, 0.1) is 0 Å². The van der Waals surface area contributed by atoms with E-state index in [4.69, 9.17) is 0 Å². The van der Waals surface area contributed by atoms with Gasteiger partial charge in [-0.15, -0.1) is 0 Å². The van der Waals surface area contributed by atoms with Gasteiger partial charge in [0.2, 0.25) is 0 Å². The molecule has 24 heavy (non-hydrogen) atoms. The molecule has 124 valence electrons. The van der Waals surface area contributed by atoms with Gasteiger partial charge in [0.25, 0.3) is 11.1 Å². The van der Waals surface area contributed by atoms with Crippen LogP contribution in [0.15, 0.2) is 31.8 Å². The monoisotopic (exact) mass is 332 g/mol. The Kier molecular flexibility index (Phi) is 3.48. The van der Waals surface area contributed by atoms with Gasteiger partial charge in [0.1, 0.15) is 5.65 Å². The molecule has 0 saturated carbocycles. The van der Waals surface area contributed by atoms with E-state index in [2.05, 4.69) is 29.9 Å². The number of nitrogens with zero attached hydrogens (tertiary/aromatic N) is 4. The molecule has 4 N–H and O–H groups in total. The molecule has 0 bridgehead atoms. The fraction of sp³-hybridized carbons (Fsp3) is 0.167. The maximum Gasteiger partial charge on any atom is 0.327 e. The highest BCUT2D eigenvalue weighted by atomic mass is 16.2. The van der Waals surface area contributed by atoms with Crippen molar-refractivity contribution in [3.8, 4) is 0 Å².